The lowest BCUT2D eigenvalue weighted by Crippen LogP contribution is -2.44. The van der Waals surface area contributed by atoms with E-state index in [9.17, 15) is 37.2 Å². The highest BCUT2D eigenvalue weighted by atomic mass is 31.2. The van der Waals surface area contributed by atoms with Gasteiger partial charge in [0.05, 0.1) is 12.3 Å². The summed E-state index contributed by atoms with van der Waals surface area (Å²) in [4.78, 5) is 37.8. The Kier molecular flexibility index (Phi) is 10.0. The van der Waals surface area contributed by atoms with Crippen molar-refractivity contribution in [3.8, 4) is 5.75 Å². The average molecular weight is 613 g/mol. The van der Waals surface area contributed by atoms with Crippen LogP contribution >= 0.6 is 7.75 Å². The number of rotatable bonds is 12. The Morgan fingerprint density at radius 3 is 2.45 bits per heavy atom. The summed E-state index contributed by atoms with van der Waals surface area (Å²) in [6, 6.07) is 14.6. The van der Waals surface area contributed by atoms with Crippen LogP contribution in [0.1, 0.15) is 25.1 Å². The molecule has 2 aromatic carbocycles. The first-order valence-corrected chi connectivity index (χ1v) is 14.1. The maximum atomic E-state index is 14.3. The number of carbonyl (C=O) groups is 1. The molecule has 0 saturated carbocycles. The number of ether oxygens (including phenoxy) is 2. The number of benzene rings is 2. The Labute approximate surface area is 236 Å². The number of esters is 1. The van der Waals surface area contributed by atoms with Crippen LogP contribution in [0.5, 0.6) is 5.75 Å². The average Bonchev–Trinajstić information content (AvgIpc) is 3.33. The van der Waals surface area contributed by atoms with Gasteiger partial charge in [0.1, 0.15) is 30.7 Å². The molecule has 226 valence electrons. The van der Waals surface area contributed by atoms with E-state index in [0.29, 0.717) is 16.3 Å². The van der Waals surface area contributed by atoms with Crippen LogP contribution in [0, 0.1) is 5.82 Å². The first kappa shape index (κ1) is 31.2. The number of alkyl halides is 2. The molecule has 1 aromatic heterocycles. The monoisotopic (exact) mass is 613 g/mol. The fraction of sp³-hybridized carbons (Fsp3) is 0.346. The first-order chi connectivity index (χ1) is 20.0. The van der Waals surface area contributed by atoms with Gasteiger partial charge in [-0.2, -0.15) is 9.48 Å². The molecule has 12 nitrogen and oxygen atoms in total. The number of H-pyrrole nitrogens is 1. The highest BCUT2D eigenvalue weighted by Gasteiger charge is 2.49. The Morgan fingerprint density at radius 2 is 1.81 bits per heavy atom. The molecule has 16 heteroatoms. The van der Waals surface area contributed by atoms with Gasteiger partial charge in [-0.15, -0.1) is 0 Å². The SMILES string of the molecule is C[C@H](N[P@@](=O)(Oc1ccccc1)O[C@H](C(F)F)[C@H]1O[C@@H](n2cc(F)c(=O)[nH]c2=O)C[C@@H]1O)C(=O)OCc1ccccc1. The van der Waals surface area contributed by atoms with E-state index >= 15 is 0 Å². The quantitative estimate of drug-likeness (QED) is 0.205. The molecule has 1 aliphatic heterocycles. The number of aromatic nitrogens is 2. The van der Waals surface area contributed by atoms with E-state index in [-0.39, 0.29) is 12.4 Å². The van der Waals surface area contributed by atoms with Crippen LogP contribution in [0.2, 0.25) is 0 Å². The van der Waals surface area contributed by atoms with Crippen molar-refractivity contribution in [2.45, 2.75) is 57.0 Å². The van der Waals surface area contributed by atoms with Crippen molar-refractivity contribution in [3.63, 3.8) is 0 Å². The number of carbonyl (C=O) groups excluding carboxylic acids is 1. The maximum absolute atomic E-state index is 14.3. The summed E-state index contributed by atoms with van der Waals surface area (Å²) in [5.74, 6) is -2.31. The van der Waals surface area contributed by atoms with Gasteiger partial charge in [-0.05, 0) is 24.6 Å². The molecule has 0 aliphatic carbocycles. The molecule has 3 aromatic rings. The van der Waals surface area contributed by atoms with E-state index in [1.54, 1.807) is 41.4 Å². The molecular weight excluding hydrogens is 586 g/mol. The van der Waals surface area contributed by atoms with Crippen LogP contribution < -0.4 is 20.9 Å². The zero-order valence-corrected chi connectivity index (χ0v) is 22.9. The van der Waals surface area contributed by atoms with Gasteiger partial charge in [0.2, 0.25) is 5.82 Å². The van der Waals surface area contributed by atoms with E-state index < -0.39 is 74.2 Å². The molecule has 2 heterocycles. The minimum atomic E-state index is -4.85. The number of hydrogen-bond acceptors (Lipinski definition) is 9. The predicted molar refractivity (Wildman–Crippen MR) is 140 cm³/mol. The Balaban J connectivity index is 1.55. The predicted octanol–water partition coefficient (Wildman–Crippen LogP) is 2.88. The van der Waals surface area contributed by atoms with Crippen molar-refractivity contribution in [1.29, 1.82) is 0 Å². The van der Waals surface area contributed by atoms with Gasteiger partial charge in [-0.3, -0.25) is 23.7 Å². The highest BCUT2D eigenvalue weighted by Crippen LogP contribution is 2.49. The summed E-state index contributed by atoms with van der Waals surface area (Å²) >= 11 is 0. The number of nitrogens with zero attached hydrogens (tertiary/aromatic N) is 1. The number of para-hydroxylation sites is 1. The van der Waals surface area contributed by atoms with E-state index in [0.717, 1.165) is 0 Å². The number of nitrogens with one attached hydrogen (secondary N) is 2. The molecule has 0 amide bonds. The second-order valence-electron chi connectivity index (χ2n) is 9.25. The second-order valence-corrected chi connectivity index (χ2v) is 10.9. The van der Waals surface area contributed by atoms with Crippen LogP contribution in [-0.4, -0.2) is 51.4 Å². The number of halogens is 3. The summed E-state index contributed by atoms with van der Waals surface area (Å²) in [6.45, 7) is 1.13. The van der Waals surface area contributed by atoms with Gasteiger partial charge >= 0.3 is 19.4 Å². The van der Waals surface area contributed by atoms with Crippen LogP contribution in [-0.2, 0) is 30.0 Å². The zero-order valence-electron chi connectivity index (χ0n) is 22.0. The topological polar surface area (TPSA) is 158 Å². The van der Waals surface area contributed by atoms with Crippen molar-refractivity contribution in [3.05, 3.63) is 99.1 Å². The molecule has 0 spiro atoms. The van der Waals surface area contributed by atoms with Gasteiger partial charge in [0, 0.05) is 6.42 Å². The third-order valence-electron chi connectivity index (χ3n) is 6.10. The largest absolute Gasteiger partial charge is 0.460 e. The van der Waals surface area contributed by atoms with E-state index in [1.807, 2.05) is 0 Å². The van der Waals surface area contributed by atoms with Gasteiger partial charge in [0.15, 0.2) is 6.10 Å². The van der Waals surface area contributed by atoms with E-state index in [1.165, 1.54) is 31.2 Å². The van der Waals surface area contributed by atoms with Crippen molar-refractivity contribution in [2.75, 3.05) is 0 Å². The van der Waals surface area contributed by atoms with Crippen LogP contribution in [0.3, 0.4) is 0 Å². The highest BCUT2D eigenvalue weighted by molar-refractivity contribution is 7.52. The molecule has 0 unspecified atom stereocenters. The van der Waals surface area contributed by atoms with E-state index in [4.69, 9.17) is 18.5 Å². The number of aliphatic hydroxyl groups excluding tert-OH is 1. The fourth-order valence-electron chi connectivity index (χ4n) is 4.07. The van der Waals surface area contributed by atoms with Crippen molar-refractivity contribution in [2.24, 2.45) is 0 Å². The third-order valence-corrected chi connectivity index (χ3v) is 7.78. The normalized spacial score (nSPS) is 21.4. The smallest absolute Gasteiger partial charge is 0.460 e. The molecule has 42 heavy (non-hydrogen) atoms. The minimum absolute atomic E-state index is 0.0627. The Morgan fingerprint density at radius 1 is 1.17 bits per heavy atom. The lowest BCUT2D eigenvalue weighted by molar-refractivity contribution is -0.146. The minimum Gasteiger partial charge on any atom is -0.460 e. The first-order valence-electron chi connectivity index (χ1n) is 12.6. The van der Waals surface area contributed by atoms with Crippen LogP contribution in [0.4, 0.5) is 13.2 Å². The summed E-state index contributed by atoms with van der Waals surface area (Å²) < 4.78 is 78.2. The second kappa shape index (κ2) is 13.5. The molecule has 1 saturated heterocycles. The van der Waals surface area contributed by atoms with Gasteiger partial charge in [-0.1, -0.05) is 48.5 Å². The summed E-state index contributed by atoms with van der Waals surface area (Å²) in [6.07, 6.45) is -10.9. The van der Waals surface area contributed by atoms with Crippen molar-refractivity contribution >= 4 is 13.7 Å². The van der Waals surface area contributed by atoms with Crippen molar-refractivity contribution in [1.82, 2.24) is 14.6 Å². The number of aromatic amines is 1. The van der Waals surface area contributed by atoms with Gasteiger partial charge in [0.25, 0.3) is 12.0 Å². The molecule has 3 N–H and O–H groups in total. The maximum Gasteiger partial charge on any atom is 0.460 e. The van der Waals surface area contributed by atoms with Crippen molar-refractivity contribution < 1.29 is 46.2 Å². The molecule has 6 atom stereocenters. The Bertz CT molecular complexity index is 1520. The Hall–Kier alpha value is -3.75. The van der Waals surface area contributed by atoms with Crippen LogP contribution in [0.25, 0.3) is 0 Å². The third kappa shape index (κ3) is 7.75. The lowest BCUT2D eigenvalue weighted by atomic mass is 10.1. The number of aliphatic hydroxyl groups is 1. The molecule has 1 aliphatic rings. The van der Waals surface area contributed by atoms with E-state index in [2.05, 4.69) is 5.09 Å². The molecule has 1 fully saturated rings. The molecular formula is C26H27F3N3O9P. The summed E-state index contributed by atoms with van der Waals surface area (Å²) in [5, 5.41) is 12.8. The summed E-state index contributed by atoms with van der Waals surface area (Å²) in [5.41, 5.74) is -1.75. The molecule has 0 radical (unpaired) electrons. The fourth-order valence-corrected chi connectivity index (χ4v) is 5.74. The van der Waals surface area contributed by atoms with Gasteiger partial charge < -0.3 is 19.1 Å². The van der Waals surface area contributed by atoms with Crippen LogP contribution in [0.15, 0.2) is 76.4 Å². The lowest BCUT2D eigenvalue weighted by Gasteiger charge is -2.30. The molecule has 0 bridgehead atoms. The van der Waals surface area contributed by atoms with Gasteiger partial charge in [-0.25, -0.2) is 18.1 Å². The summed E-state index contributed by atoms with van der Waals surface area (Å²) in [7, 11) is -4.85. The number of hydrogen-bond donors (Lipinski definition) is 3. The standard InChI is InChI=1S/C26H27F3N3O9P/c1-15(25(35)38-14-16-8-4-2-5-9-16)31-42(37,40-17-10-6-3-7-11-17)41-22(23(28)29)21-19(33)12-20(39-21)32-13-18(27)24(34)30-26(32)36/h2-11,13,15,19-23,33H,12,14H2,1H3,(H,31,37)(H,30,34,36)/t15-,19-,20+,21-,22-,42+/m0/s1. The zero-order chi connectivity index (χ0) is 30.4. The molecule has 4 rings (SSSR count).